The first kappa shape index (κ1) is 21.8. The molecule has 0 radical (unpaired) electrons. The van der Waals surface area contributed by atoms with Crippen LogP contribution >= 0.6 is 11.8 Å². The number of nitrogens with one attached hydrogen (secondary N) is 1. The van der Waals surface area contributed by atoms with Crippen LogP contribution in [0.15, 0.2) is 57.1 Å². The number of amidine groups is 2. The minimum absolute atomic E-state index is 0.0335. The molecule has 2 aliphatic rings. The number of amides is 2. The highest BCUT2D eigenvalue weighted by atomic mass is 32.2. The van der Waals surface area contributed by atoms with Gasteiger partial charge in [-0.15, -0.1) is 0 Å². The van der Waals surface area contributed by atoms with Crippen molar-refractivity contribution in [2.75, 3.05) is 12.4 Å². The lowest BCUT2D eigenvalue weighted by Gasteiger charge is -2.25. The van der Waals surface area contributed by atoms with Crippen molar-refractivity contribution < 1.29 is 23.5 Å². The smallest absolute Gasteiger partial charge is 0.316 e. The molecule has 0 saturated carbocycles. The van der Waals surface area contributed by atoms with Crippen LogP contribution in [0.4, 0.5) is 5.69 Å². The number of fused-ring (bicyclic) bond motifs is 3. The van der Waals surface area contributed by atoms with Crippen molar-refractivity contribution in [3.63, 3.8) is 0 Å². The van der Waals surface area contributed by atoms with Crippen LogP contribution in [0.5, 0.6) is 0 Å². The molecule has 1 atom stereocenters. The van der Waals surface area contributed by atoms with E-state index in [4.69, 9.17) is 9.15 Å². The lowest BCUT2D eigenvalue weighted by molar-refractivity contribution is -0.139. The third-order valence-electron chi connectivity index (χ3n) is 4.86. The average Bonchev–Trinajstić information content (AvgIpc) is 3.43. The zero-order valence-electron chi connectivity index (χ0n) is 17.4. The van der Waals surface area contributed by atoms with Crippen LogP contribution in [0.1, 0.15) is 31.1 Å². The van der Waals surface area contributed by atoms with Crippen LogP contribution in [0, 0.1) is 0 Å². The van der Waals surface area contributed by atoms with Gasteiger partial charge in [-0.2, -0.15) is 0 Å². The van der Waals surface area contributed by atoms with E-state index in [0.717, 1.165) is 17.3 Å². The summed E-state index contributed by atoms with van der Waals surface area (Å²) in [6, 6.07) is 10.2. The maximum Gasteiger partial charge on any atom is 0.316 e. The number of furan rings is 1. The summed E-state index contributed by atoms with van der Waals surface area (Å²) in [4.78, 5) is 47.8. The minimum atomic E-state index is -0.695. The summed E-state index contributed by atoms with van der Waals surface area (Å²) in [5.41, 5.74) is 1.42. The third kappa shape index (κ3) is 4.75. The molecule has 0 bridgehead atoms. The largest absolute Gasteiger partial charge is 0.467 e. The Labute approximate surface area is 188 Å². The standard InChI is InChI=1S/C22H22N4O5S/c1-2-30-19(28)13-32-22-25-16-8-4-3-7-15(16)20-24-17(21(29)26(20)22)9-10-18(27)23-12-14-6-5-11-31-14/h3-8,11,17H,2,9-10,12-13H2,1H3,(H,23,27)/t17-/m1/s1. The average molecular weight is 455 g/mol. The zero-order chi connectivity index (χ0) is 22.5. The molecule has 1 aromatic heterocycles. The number of thioether (sulfide) groups is 1. The van der Waals surface area contributed by atoms with Crippen LogP contribution in [-0.4, -0.2) is 52.1 Å². The Morgan fingerprint density at radius 2 is 2.09 bits per heavy atom. The van der Waals surface area contributed by atoms with Crippen LogP contribution < -0.4 is 5.32 Å². The molecule has 4 rings (SSSR count). The van der Waals surface area contributed by atoms with Crippen molar-refractivity contribution in [2.24, 2.45) is 9.98 Å². The predicted octanol–water partition coefficient (Wildman–Crippen LogP) is 2.63. The molecule has 10 heteroatoms. The highest BCUT2D eigenvalue weighted by Crippen LogP contribution is 2.34. The maximum atomic E-state index is 13.1. The van der Waals surface area contributed by atoms with Crippen molar-refractivity contribution in [1.29, 1.82) is 0 Å². The summed E-state index contributed by atoms with van der Waals surface area (Å²) in [6.45, 7) is 2.31. The number of carbonyl (C=O) groups is 3. The molecule has 0 unspecified atom stereocenters. The highest BCUT2D eigenvalue weighted by Gasteiger charge is 2.41. The van der Waals surface area contributed by atoms with E-state index in [1.54, 1.807) is 25.3 Å². The van der Waals surface area contributed by atoms with Gasteiger partial charge in [0, 0.05) is 12.0 Å². The first-order valence-electron chi connectivity index (χ1n) is 10.2. The molecular weight excluding hydrogens is 432 g/mol. The summed E-state index contributed by atoms with van der Waals surface area (Å²) in [7, 11) is 0. The van der Waals surface area contributed by atoms with Gasteiger partial charge in [-0.1, -0.05) is 23.9 Å². The monoisotopic (exact) mass is 454 g/mol. The van der Waals surface area contributed by atoms with Gasteiger partial charge >= 0.3 is 5.97 Å². The SMILES string of the molecule is CCOC(=O)CSC1=Nc2ccccc2C2=N[C@H](CCC(=O)NCc3ccco3)C(=O)N12. The first-order valence-corrected chi connectivity index (χ1v) is 11.2. The molecule has 2 aromatic rings. The van der Waals surface area contributed by atoms with Crippen LogP contribution in [0.25, 0.3) is 0 Å². The fourth-order valence-electron chi connectivity index (χ4n) is 3.37. The second kappa shape index (κ2) is 9.82. The zero-order valence-corrected chi connectivity index (χ0v) is 18.3. The van der Waals surface area contributed by atoms with Crippen molar-refractivity contribution >= 4 is 46.2 Å². The summed E-state index contributed by atoms with van der Waals surface area (Å²) in [6.07, 6.45) is 1.95. The van der Waals surface area contributed by atoms with Gasteiger partial charge in [-0.05, 0) is 37.6 Å². The Morgan fingerprint density at radius 3 is 2.88 bits per heavy atom. The van der Waals surface area contributed by atoms with Crippen LogP contribution in [0.2, 0.25) is 0 Å². The van der Waals surface area contributed by atoms with E-state index in [1.807, 2.05) is 24.3 Å². The van der Waals surface area contributed by atoms with E-state index in [9.17, 15) is 14.4 Å². The molecule has 166 valence electrons. The quantitative estimate of drug-likeness (QED) is 0.614. The number of nitrogens with zero attached hydrogens (tertiary/aromatic N) is 3. The van der Waals surface area contributed by atoms with Gasteiger partial charge in [-0.25, -0.2) is 9.89 Å². The highest BCUT2D eigenvalue weighted by molar-refractivity contribution is 8.14. The molecule has 9 nitrogen and oxygen atoms in total. The second-order valence-electron chi connectivity index (χ2n) is 7.04. The van der Waals surface area contributed by atoms with Gasteiger partial charge in [0.1, 0.15) is 17.6 Å². The Morgan fingerprint density at radius 1 is 1.25 bits per heavy atom. The predicted molar refractivity (Wildman–Crippen MR) is 120 cm³/mol. The number of rotatable bonds is 8. The molecule has 2 amide bonds. The van der Waals surface area contributed by atoms with Gasteiger partial charge in [-0.3, -0.25) is 19.4 Å². The molecule has 0 aliphatic carbocycles. The Hall–Kier alpha value is -3.40. The lowest BCUT2D eigenvalue weighted by Crippen LogP contribution is -2.41. The Balaban J connectivity index is 1.45. The number of benzene rings is 1. The fourth-order valence-corrected chi connectivity index (χ4v) is 4.17. The molecule has 0 saturated heterocycles. The van der Waals surface area contributed by atoms with Crippen molar-refractivity contribution in [2.45, 2.75) is 32.4 Å². The molecule has 1 N–H and O–H groups in total. The van der Waals surface area contributed by atoms with Crippen LogP contribution in [0.3, 0.4) is 0 Å². The molecule has 2 aliphatic heterocycles. The maximum absolute atomic E-state index is 13.1. The number of esters is 1. The molecule has 32 heavy (non-hydrogen) atoms. The molecule has 3 heterocycles. The van der Waals surface area contributed by atoms with Gasteiger partial charge in [0.2, 0.25) is 5.91 Å². The fraction of sp³-hybridized carbons (Fsp3) is 0.318. The first-order chi connectivity index (χ1) is 15.6. The molecule has 0 spiro atoms. The van der Waals surface area contributed by atoms with Gasteiger partial charge in [0.25, 0.3) is 5.91 Å². The summed E-state index contributed by atoms with van der Waals surface area (Å²) in [5.74, 6) is 0.352. The summed E-state index contributed by atoms with van der Waals surface area (Å²) in [5, 5.41) is 3.15. The number of aliphatic imine (C=N–C) groups is 2. The van der Waals surface area contributed by atoms with Gasteiger partial charge in [0.05, 0.1) is 30.9 Å². The van der Waals surface area contributed by atoms with E-state index in [1.165, 1.54) is 4.90 Å². The number of hydrogen-bond acceptors (Lipinski definition) is 8. The molecule has 0 fully saturated rings. The van der Waals surface area contributed by atoms with E-state index in [0.29, 0.717) is 29.0 Å². The van der Waals surface area contributed by atoms with Crippen molar-refractivity contribution in [3.05, 3.63) is 54.0 Å². The van der Waals surface area contributed by atoms with E-state index >= 15 is 0 Å². The molecule has 1 aromatic carbocycles. The summed E-state index contributed by atoms with van der Waals surface area (Å²) < 4.78 is 10.2. The third-order valence-corrected chi connectivity index (χ3v) is 5.77. The van der Waals surface area contributed by atoms with Gasteiger partial charge in [0.15, 0.2) is 5.17 Å². The second-order valence-corrected chi connectivity index (χ2v) is 7.98. The Kier molecular flexibility index (Phi) is 6.69. The van der Waals surface area contributed by atoms with E-state index in [-0.39, 0.29) is 43.0 Å². The van der Waals surface area contributed by atoms with Crippen molar-refractivity contribution in [1.82, 2.24) is 10.2 Å². The summed E-state index contributed by atoms with van der Waals surface area (Å²) >= 11 is 1.13. The number of hydrogen-bond donors (Lipinski definition) is 1. The molecular formula is C22H22N4O5S. The normalized spacial score (nSPS) is 16.7. The van der Waals surface area contributed by atoms with Gasteiger partial charge < -0.3 is 14.5 Å². The van der Waals surface area contributed by atoms with E-state index in [2.05, 4.69) is 15.3 Å². The van der Waals surface area contributed by atoms with Crippen LogP contribution in [-0.2, 0) is 25.7 Å². The van der Waals surface area contributed by atoms with Crippen molar-refractivity contribution in [3.8, 4) is 0 Å². The topological polar surface area (TPSA) is 114 Å². The van der Waals surface area contributed by atoms with E-state index < -0.39 is 6.04 Å². The minimum Gasteiger partial charge on any atom is -0.467 e. The number of carbonyl (C=O) groups excluding carboxylic acids is 3. The number of ether oxygens (including phenoxy) is 1. The number of para-hydroxylation sites is 1. The Bertz CT molecular complexity index is 1080. The lowest BCUT2D eigenvalue weighted by atomic mass is 10.1.